The van der Waals surface area contributed by atoms with Gasteiger partial charge in [0.15, 0.2) is 0 Å². The van der Waals surface area contributed by atoms with Gasteiger partial charge in [-0.1, -0.05) is 50.2 Å². The van der Waals surface area contributed by atoms with Crippen molar-refractivity contribution in [1.82, 2.24) is 10.6 Å². The fourth-order valence-electron chi connectivity index (χ4n) is 3.21. The van der Waals surface area contributed by atoms with E-state index in [1.807, 2.05) is 35.0 Å². The summed E-state index contributed by atoms with van der Waals surface area (Å²) in [5, 5.41) is 10.0. The molecule has 4 nitrogen and oxygen atoms in total. The number of rotatable bonds is 8. The van der Waals surface area contributed by atoms with E-state index < -0.39 is 0 Å². The predicted octanol–water partition coefficient (Wildman–Crippen LogP) is 5.41. The molecule has 2 aromatic heterocycles. The molecule has 0 fully saturated rings. The van der Waals surface area contributed by atoms with Crippen molar-refractivity contribution in [2.45, 2.75) is 45.2 Å². The van der Waals surface area contributed by atoms with Crippen molar-refractivity contribution in [3.63, 3.8) is 0 Å². The van der Waals surface area contributed by atoms with E-state index in [-0.39, 0.29) is 30.3 Å². The Balaban J connectivity index is 1.78. The molecule has 2 N–H and O–H groups in total. The SMILES string of the molecule is CC(=O)N[C@@H](CC(=O)N[C@H](c1ccc(C(C)C)cc1)c1cccs1)c1cccs1. The van der Waals surface area contributed by atoms with Crippen LogP contribution in [0.4, 0.5) is 0 Å². The lowest BCUT2D eigenvalue weighted by atomic mass is 9.98. The summed E-state index contributed by atoms with van der Waals surface area (Å²) in [7, 11) is 0. The second-order valence-corrected chi connectivity index (χ2v) is 9.27. The second-order valence-electron chi connectivity index (χ2n) is 7.31. The Kier molecular flexibility index (Phi) is 7.23. The first kappa shape index (κ1) is 21.3. The molecule has 6 heteroatoms. The van der Waals surface area contributed by atoms with Gasteiger partial charge in [-0.3, -0.25) is 9.59 Å². The van der Waals surface area contributed by atoms with E-state index in [2.05, 4.69) is 48.7 Å². The van der Waals surface area contributed by atoms with Crippen LogP contribution in [0.2, 0.25) is 0 Å². The smallest absolute Gasteiger partial charge is 0.223 e. The van der Waals surface area contributed by atoms with Crippen LogP contribution in [0, 0.1) is 0 Å². The monoisotopic (exact) mass is 426 g/mol. The third-order valence-electron chi connectivity index (χ3n) is 4.72. The summed E-state index contributed by atoms with van der Waals surface area (Å²) >= 11 is 3.16. The molecule has 0 unspecified atom stereocenters. The van der Waals surface area contributed by atoms with E-state index in [1.165, 1.54) is 23.8 Å². The third-order valence-corrected chi connectivity index (χ3v) is 6.65. The number of thiophene rings is 2. The van der Waals surface area contributed by atoms with Gasteiger partial charge in [0.2, 0.25) is 11.8 Å². The molecule has 0 aliphatic carbocycles. The molecular weight excluding hydrogens is 400 g/mol. The Morgan fingerprint density at radius 3 is 1.97 bits per heavy atom. The van der Waals surface area contributed by atoms with Gasteiger partial charge in [0, 0.05) is 16.7 Å². The van der Waals surface area contributed by atoms with Crippen molar-refractivity contribution in [2.24, 2.45) is 0 Å². The molecule has 0 saturated carbocycles. The number of amides is 2. The average Bonchev–Trinajstić information content (AvgIpc) is 3.39. The molecular formula is C23H26N2O2S2. The van der Waals surface area contributed by atoms with Crippen LogP contribution in [-0.4, -0.2) is 11.8 Å². The maximum absolute atomic E-state index is 12.9. The summed E-state index contributed by atoms with van der Waals surface area (Å²) < 4.78 is 0. The summed E-state index contributed by atoms with van der Waals surface area (Å²) in [4.78, 5) is 26.6. The maximum atomic E-state index is 12.9. The highest BCUT2D eigenvalue weighted by molar-refractivity contribution is 7.10. The van der Waals surface area contributed by atoms with Gasteiger partial charge in [-0.25, -0.2) is 0 Å². The Morgan fingerprint density at radius 1 is 0.862 bits per heavy atom. The normalized spacial score (nSPS) is 13.1. The minimum Gasteiger partial charge on any atom is -0.348 e. The first-order chi connectivity index (χ1) is 13.9. The van der Waals surface area contributed by atoms with E-state index in [9.17, 15) is 9.59 Å². The largest absolute Gasteiger partial charge is 0.348 e. The van der Waals surface area contributed by atoms with Crippen molar-refractivity contribution >= 4 is 34.5 Å². The molecule has 152 valence electrons. The third kappa shape index (κ3) is 5.78. The fourth-order valence-corrected chi connectivity index (χ4v) is 4.79. The highest BCUT2D eigenvalue weighted by Gasteiger charge is 2.22. The van der Waals surface area contributed by atoms with Crippen LogP contribution >= 0.6 is 22.7 Å². The lowest BCUT2D eigenvalue weighted by Gasteiger charge is -2.21. The Morgan fingerprint density at radius 2 is 1.45 bits per heavy atom. The molecule has 29 heavy (non-hydrogen) atoms. The van der Waals surface area contributed by atoms with Gasteiger partial charge in [0.25, 0.3) is 0 Å². The first-order valence-electron chi connectivity index (χ1n) is 9.67. The highest BCUT2D eigenvalue weighted by Crippen LogP contribution is 2.29. The maximum Gasteiger partial charge on any atom is 0.223 e. The molecule has 3 aromatic rings. The average molecular weight is 427 g/mol. The number of carbonyl (C=O) groups is 2. The number of benzene rings is 1. The van der Waals surface area contributed by atoms with Crippen molar-refractivity contribution in [3.05, 3.63) is 80.2 Å². The van der Waals surface area contributed by atoms with Crippen LogP contribution in [0.5, 0.6) is 0 Å². The van der Waals surface area contributed by atoms with Gasteiger partial charge in [0.1, 0.15) is 0 Å². The zero-order chi connectivity index (χ0) is 20.8. The molecule has 3 rings (SSSR count). The second kappa shape index (κ2) is 9.85. The summed E-state index contributed by atoms with van der Waals surface area (Å²) in [6.45, 7) is 5.81. The predicted molar refractivity (Wildman–Crippen MR) is 120 cm³/mol. The summed E-state index contributed by atoms with van der Waals surface area (Å²) in [5.41, 5.74) is 2.32. The van der Waals surface area contributed by atoms with Crippen molar-refractivity contribution in [2.75, 3.05) is 0 Å². The van der Waals surface area contributed by atoms with Crippen molar-refractivity contribution < 1.29 is 9.59 Å². The quantitative estimate of drug-likeness (QED) is 0.506. The molecule has 2 amide bonds. The van der Waals surface area contributed by atoms with Crippen LogP contribution in [0.1, 0.15) is 66.1 Å². The zero-order valence-electron chi connectivity index (χ0n) is 16.8. The van der Waals surface area contributed by atoms with Gasteiger partial charge in [0.05, 0.1) is 18.5 Å². The van der Waals surface area contributed by atoms with E-state index in [1.54, 1.807) is 11.3 Å². The topological polar surface area (TPSA) is 58.2 Å². The lowest BCUT2D eigenvalue weighted by Crippen LogP contribution is -2.34. The van der Waals surface area contributed by atoms with Gasteiger partial charge >= 0.3 is 0 Å². The van der Waals surface area contributed by atoms with Crippen LogP contribution in [-0.2, 0) is 9.59 Å². The molecule has 0 radical (unpaired) electrons. The molecule has 0 bridgehead atoms. The van der Waals surface area contributed by atoms with E-state index in [0.717, 1.165) is 15.3 Å². The highest BCUT2D eigenvalue weighted by atomic mass is 32.1. The fraction of sp³-hybridized carbons (Fsp3) is 0.304. The molecule has 2 atom stereocenters. The minimum atomic E-state index is -0.320. The first-order valence-corrected chi connectivity index (χ1v) is 11.4. The molecule has 0 saturated heterocycles. The number of hydrogen-bond acceptors (Lipinski definition) is 4. The number of hydrogen-bond donors (Lipinski definition) is 2. The summed E-state index contributed by atoms with van der Waals surface area (Å²) in [6.07, 6.45) is 0.200. The minimum absolute atomic E-state index is 0.0940. The van der Waals surface area contributed by atoms with Crippen molar-refractivity contribution in [1.29, 1.82) is 0 Å². The van der Waals surface area contributed by atoms with Crippen LogP contribution in [0.3, 0.4) is 0 Å². The van der Waals surface area contributed by atoms with Gasteiger partial charge in [-0.05, 0) is 39.9 Å². The van der Waals surface area contributed by atoms with Gasteiger partial charge < -0.3 is 10.6 Å². The van der Waals surface area contributed by atoms with Gasteiger partial charge in [-0.2, -0.15) is 0 Å². The summed E-state index contributed by atoms with van der Waals surface area (Å²) in [6, 6.07) is 15.8. The van der Waals surface area contributed by atoms with E-state index >= 15 is 0 Å². The van der Waals surface area contributed by atoms with Crippen molar-refractivity contribution in [3.8, 4) is 0 Å². The Hall–Kier alpha value is -2.44. The standard InChI is InChI=1S/C23H26N2O2S2/c1-15(2)17-8-10-18(11-9-17)23(21-7-5-13-29-21)25-22(27)14-19(24-16(3)26)20-6-4-12-28-20/h4-13,15,19,23H,14H2,1-3H3,(H,24,26)(H,25,27)/t19-,23+/m0/s1. The van der Waals surface area contributed by atoms with E-state index in [4.69, 9.17) is 0 Å². The van der Waals surface area contributed by atoms with Crippen LogP contribution < -0.4 is 10.6 Å². The number of nitrogens with one attached hydrogen (secondary N) is 2. The Labute approximate surface area is 180 Å². The summed E-state index contributed by atoms with van der Waals surface area (Å²) in [5.74, 6) is 0.224. The molecule has 0 aliphatic rings. The van der Waals surface area contributed by atoms with E-state index in [0.29, 0.717) is 5.92 Å². The molecule has 0 spiro atoms. The number of carbonyl (C=O) groups excluding carboxylic acids is 2. The lowest BCUT2D eigenvalue weighted by molar-refractivity contribution is -0.123. The molecule has 0 aliphatic heterocycles. The molecule has 1 aromatic carbocycles. The Bertz CT molecular complexity index is 916. The van der Waals surface area contributed by atoms with Crippen LogP contribution in [0.25, 0.3) is 0 Å². The van der Waals surface area contributed by atoms with Gasteiger partial charge in [-0.15, -0.1) is 22.7 Å². The molecule has 2 heterocycles. The van der Waals surface area contributed by atoms with Crippen LogP contribution in [0.15, 0.2) is 59.3 Å². The zero-order valence-corrected chi connectivity index (χ0v) is 18.5.